The Morgan fingerprint density at radius 3 is 2.67 bits per heavy atom. The highest BCUT2D eigenvalue weighted by atomic mass is 19.1. The maximum atomic E-state index is 13.4. The Balaban J connectivity index is 1.27. The van der Waals surface area contributed by atoms with Gasteiger partial charge < -0.3 is 9.32 Å². The largest absolute Gasteiger partial charge is 0.423 e. The monoisotopic (exact) mass is 405 g/mol. The molecule has 1 aliphatic rings. The van der Waals surface area contributed by atoms with Crippen LogP contribution in [0, 0.1) is 11.7 Å². The van der Waals surface area contributed by atoms with Crippen molar-refractivity contribution < 1.29 is 8.81 Å². The van der Waals surface area contributed by atoms with Crippen LogP contribution in [0.5, 0.6) is 0 Å². The van der Waals surface area contributed by atoms with Gasteiger partial charge in [-0.2, -0.15) is 10.1 Å². The molecule has 0 radical (unpaired) electrons. The zero-order valence-electron chi connectivity index (χ0n) is 16.2. The van der Waals surface area contributed by atoms with E-state index in [-0.39, 0.29) is 11.4 Å². The zero-order chi connectivity index (χ0) is 20.5. The number of aromatic nitrogens is 4. The van der Waals surface area contributed by atoms with E-state index in [1.165, 1.54) is 12.1 Å². The maximum absolute atomic E-state index is 13.4. The molecule has 4 heterocycles. The first-order valence-corrected chi connectivity index (χ1v) is 9.95. The molecule has 0 bridgehead atoms. The second-order valence-corrected chi connectivity index (χ2v) is 7.51. The lowest BCUT2D eigenvalue weighted by Crippen LogP contribution is -2.37. The lowest BCUT2D eigenvalue weighted by atomic mass is 9.97. The second kappa shape index (κ2) is 7.70. The third-order valence-electron chi connectivity index (χ3n) is 5.50. The lowest BCUT2D eigenvalue weighted by molar-refractivity contribution is 0.328. The maximum Gasteiger partial charge on any atom is 0.298 e. The van der Waals surface area contributed by atoms with Crippen LogP contribution in [-0.2, 0) is 6.54 Å². The summed E-state index contributed by atoms with van der Waals surface area (Å²) in [4.78, 5) is 22.9. The molecule has 1 fully saturated rings. The summed E-state index contributed by atoms with van der Waals surface area (Å²) in [5, 5.41) is 4.55. The Labute approximate surface area is 171 Å². The summed E-state index contributed by atoms with van der Waals surface area (Å²) in [6, 6.07) is 11.9. The van der Waals surface area contributed by atoms with Gasteiger partial charge in [0.05, 0.1) is 5.69 Å². The van der Waals surface area contributed by atoms with Gasteiger partial charge in [0.2, 0.25) is 0 Å². The first-order chi connectivity index (χ1) is 14.7. The van der Waals surface area contributed by atoms with Crippen LogP contribution in [0.15, 0.2) is 64.1 Å². The van der Waals surface area contributed by atoms with Crippen molar-refractivity contribution >= 4 is 17.1 Å². The van der Waals surface area contributed by atoms with E-state index in [0.29, 0.717) is 29.6 Å². The molecule has 152 valence electrons. The number of hydrogen-bond donors (Lipinski definition) is 0. The van der Waals surface area contributed by atoms with Crippen LogP contribution in [0.25, 0.3) is 22.4 Å². The van der Waals surface area contributed by atoms with Crippen LogP contribution in [0.1, 0.15) is 12.8 Å². The van der Waals surface area contributed by atoms with Crippen molar-refractivity contribution in [2.75, 3.05) is 18.0 Å². The number of rotatable bonds is 4. The van der Waals surface area contributed by atoms with E-state index in [0.717, 1.165) is 37.2 Å². The number of pyridine rings is 1. The van der Waals surface area contributed by atoms with Crippen molar-refractivity contribution in [1.82, 2.24) is 19.7 Å². The number of piperidine rings is 1. The van der Waals surface area contributed by atoms with Gasteiger partial charge in [-0.25, -0.2) is 9.07 Å². The molecule has 0 amide bonds. The van der Waals surface area contributed by atoms with Gasteiger partial charge in [0, 0.05) is 49.7 Å². The molecule has 1 aliphatic heterocycles. The van der Waals surface area contributed by atoms with Gasteiger partial charge in [-0.3, -0.25) is 9.78 Å². The molecule has 8 heteroatoms. The number of halogens is 1. The fourth-order valence-electron chi connectivity index (χ4n) is 3.83. The molecule has 0 atom stereocenters. The van der Waals surface area contributed by atoms with E-state index >= 15 is 0 Å². The summed E-state index contributed by atoms with van der Waals surface area (Å²) in [5.74, 6) is -0.00295. The smallest absolute Gasteiger partial charge is 0.298 e. The number of benzene rings is 1. The van der Waals surface area contributed by atoms with Crippen molar-refractivity contribution in [3.05, 3.63) is 71.0 Å². The Morgan fingerprint density at radius 1 is 1.07 bits per heavy atom. The van der Waals surface area contributed by atoms with Crippen molar-refractivity contribution in [3.63, 3.8) is 0 Å². The minimum Gasteiger partial charge on any atom is -0.423 e. The van der Waals surface area contributed by atoms with Gasteiger partial charge in [-0.05, 0) is 49.1 Å². The average molecular weight is 405 g/mol. The molecule has 1 saturated heterocycles. The molecule has 1 aromatic carbocycles. The summed E-state index contributed by atoms with van der Waals surface area (Å²) < 4.78 is 20.7. The fourth-order valence-corrected chi connectivity index (χ4v) is 3.83. The first-order valence-electron chi connectivity index (χ1n) is 9.95. The number of hydrogen-bond acceptors (Lipinski definition) is 6. The van der Waals surface area contributed by atoms with E-state index in [2.05, 4.69) is 20.0 Å². The molecule has 5 rings (SSSR count). The molecule has 4 aromatic rings. The van der Waals surface area contributed by atoms with Gasteiger partial charge in [-0.15, -0.1) is 0 Å². The standard InChI is InChI=1S/C22H20FN5O2/c23-17-1-2-19-20(13-17)30-22(25-19)27-11-7-15(8-12-27)14-28-21(29)4-3-18(26-28)16-5-9-24-10-6-16/h1-6,9-10,13,15H,7-8,11-12,14H2. The Hall–Kier alpha value is -3.55. The van der Waals surface area contributed by atoms with Gasteiger partial charge in [-0.1, -0.05) is 0 Å². The predicted octanol–water partition coefficient (Wildman–Crippen LogP) is 3.50. The highest BCUT2D eigenvalue weighted by Crippen LogP contribution is 2.27. The van der Waals surface area contributed by atoms with Crippen LogP contribution in [0.4, 0.5) is 10.4 Å². The minimum atomic E-state index is -0.337. The summed E-state index contributed by atoms with van der Waals surface area (Å²) in [5.41, 5.74) is 2.69. The lowest BCUT2D eigenvalue weighted by Gasteiger charge is -2.30. The van der Waals surface area contributed by atoms with E-state index in [9.17, 15) is 9.18 Å². The fraction of sp³-hybridized carbons (Fsp3) is 0.273. The van der Waals surface area contributed by atoms with Gasteiger partial charge in [0.25, 0.3) is 11.6 Å². The summed E-state index contributed by atoms with van der Waals surface area (Å²) >= 11 is 0. The minimum absolute atomic E-state index is 0.101. The third-order valence-corrected chi connectivity index (χ3v) is 5.50. The molecule has 30 heavy (non-hydrogen) atoms. The number of anilines is 1. The van der Waals surface area contributed by atoms with Crippen LogP contribution in [0.2, 0.25) is 0 Å². The molecule has 0 unspecified atom stereocenters. The number of nitrogens with zero attached hydrogens (tertiary/aromatic N) is 5. The SMILES string of the molecule is O=c1ccc(-c2ccncc2)nn1CC1CCN(c2nc3ccc(F)cc3o2)CC1. The van der Waals surface area contributed by atoms with E-state index < -0.39 is 0 Å². The molecule has 3 aromatic heterocycles. The quantitative estimate of drug-likeness (QED) is 0.517. The van der Waals surface area contributed by atoms with E-state index in [1.54, 1.807) is 35.3 Å². The summed E-state index contributed by atoms with van der Waals surface area (Å²) in [7, 11) is 0. The first kappa shape index (κ1) is 18.5. The average Bonchev–Trinajstić information content (AvgIpc) is 3.19. The van der Waals surface area contributed by atoms with Gasteiger partial charge >= 0.3 is 0 Å². The van der Waals surface area contributed by atoms with Crippen molar-refractivity contribution in [1.29, 1.82) is 0 Å². The second-order valence-electron chi connectivity index (χ2n) is 7.51. The number of oxazole rings is 1. The van der Waals surface area contributed by atoms with Crippen molar-refractivity contribution in [2.45, 2.75) is 19.4 Å². The zero-order valence-corrected chi connectivity index (χ0v) is 16.2. The van der Waals surface area contributed by atoms with Crippen molar-refractivity contribution in [2.24, 2.45) is 5.92 Å². The van der Waals surface area contributed by atoms with Gasteiger partial charge in [0.1, 0.15) is 11.3 Å². The van der Waals surface area contributed by atoms with Crippen LogP contribution >= 0.6 is 0 Å². The van der Waals surface area contributed by atoms with Gasteiger partial charge in [0.15, 0.2) is 5.58 Å². The van der Waals surface area contributed by atoms with E-state index in [4.69, 9.17) is 4.42 Å². The van der Waals surface area contributed by atoms with E-state index in [1.807, 2.05) is 12.1 Å². The normalized spacial score (nSPS) is 15.0. The molecule has 0 saturated carbocycles. The molecular formula is C22H20FN5O2. The topological polar surface area (TPSA) is 77.1 Å². The van der Waals surface area contributed by atoms with Crippen molar-refractivity contribution in [3.8, 4) is 11.3 Å². The molecule has 0 spiro atoms. The highest BCUT2D eigenvalue weighted by molar-refractivity contribution is 5.74. The predicted molar refractivity (Wildman–Crippen MR) is 111 cm³/mol. The molecule has 0 aliphatic carbocycles. The number of fused-ring (bicyclic) bond motifs is 1. The van der Waals surface area contributed by atoms with Crippen LogP contribution < -0.4 is 10.5 Å². The molecule has 7 nitrogen and oxygen atoms in total. The highest BCUT2D eigenvalue weighted by Gasteiger charge is 2.23. The Morgan fingerprint density at radius 2 is 1.87 bits per heavy atom. The van der Waals surface area contributed by atoms with Crippen LogP contribution in [-0.4, -0.2) is 32.8 Å². The molecule has 0 N–H and O–H groups in total. The Kier molecular flexibility index (Phi) is 4.74. The third kappa shape index (κ3) is 3.68. The summed E-state index contributed by atoms with van der Waals surface area (Å²) in [6.45, 7) is 2.10. The Bertz CT molecular complexity index is 1230. The molecular weight excluding hydrogens is 385 g/mol. The summed E-state index contributed by atoms with van der Waals surface area (Å²) in [6.07, 6.45) is 5.20. The van der Waals surface area contributed by atoms with Crippen LogP contribution in [0.3, 0.4) is 0 Å².